The van der Waals surface area contributed by atoms with Crippen molar-refractivity contribution in [1.82, 2.24) is 20.1 Å². The highest BCUT2D eigenvalue weighted by Crippen LogP contribution is 2.24. The second-order valence-corrected chi connectivity index (χ2v) is 6.60. The zero-order chi connectivity index (χ0) is 16.8. The molecule has 1 aliphatic heterocycles. The SMILES string of the molecule is CC(CC(=O)Nc1cnn(Cc2ccncc2)c1)C1CCNCC1.Cl.Cl. The van der Waals surface area contributed by atoms with Gasteiger partial charge in [0.2, 0.25) is 5.91 Å². The molecule has 1 aliphatic rings. The lowest BCUT2D eigenvalue weighted by Gasteiger charge is -2.27. The fraction of sp³-hybridized carbons (Fsp3) is 0.500. The lowest BCUT2D eigenvalue weighted by atomic mass is 9.84. The summed E-state index contributed by atoms with van der Waals surface area (Å²) in [6, 6.07) is 3.92. The molecule has 3 rings (SSSR count). The maximum Gasteiger partial charge on any atom is 0.224 e. The van der Waals surface area contributed by atoms with Crippen LogP contribution >= 0.6 is 24.8 Å². The van der Waals surface area contributed by atoms with Gasteiger partial charge in [-0.15, -0.1) is 24.8 Å². The minimum atomic E-state index is 0. The number of amides is 1. The van der Waals surface area contributed by atoms with Crippen LogP contribution in [0, 0.1) is 11.8 Å². The van der Waals surface area contributed by atoms with Gasteiger partial charge in [0, 0.05) is 25.0 Å². The highest BCUT2D eigenvalue weighted by molar-refractivity contribution is 5.90. The summed E-state index contributed by atoms with van der Waals surface area (Å²) in [5.74, 6) is 1.13. The van der Waals surface area contributed by atoms with E-state index in [1.54, 1.807) is 18.6 Å². The summed E-state index contributed by atoms with van der Waals surface area (Å²) in [6.07, 6.45) is 10.0. The van der Waals surface area contributed by atoms with Crippen molar-refractivity contribution in [2.75, 3.05) is 18.4 Å². The van der Waals surface area contributed by atoms with Crippen LogP contribution in [0.3, 0.4) is 0 Å². The van der Waals surface area contributed by atoms with Crippen molar-refractivity contribution < 1.29 is 4.79 Å². The lowest BCUT2D eigenvalue weighted by Crippen LogP contribution is -2.32. The molecule has 1 amide bonds. The number of nitrogens with zero attached hydrogens (tertiary/aromatic N) is 3. The van der Waals surface area contributed by atoms with E-state index in [9.17, 15) is 4.79 Å². The number of pyridine rings is 1. The number of anilines is 1. The van der Waals surface area contributed by atoms with Crippen molar-refractivity contribution in [2.45, 2.75) is 32.7 Å². The predicted molar refractivity (Wildman–Crippen MR) is 108 cm³/mol. The maximum atomic E-state index is 12.3. The van der Waals surface area contributed by atoms with Gasteiger partial charge in [-0.2, -0.15) is 5.10 Å². The van der Waals surface area contributed by atoms with E-state index in [1.165, 1.54) is 0 Å². The molecule has 3 heterocycles. The molecule has 2 aromatic heterocycles. The Bertz CT molecular complexity index is 659. The number of hydrogen-bond acceptors (Lipinski definition) is 4. The summed E-state index contributed by atoms with van der Waals surface area (Å²) in [7, 11) is 0. The Hall–Kier alpha value is -1.63. The van der Waals surface area contributed by atoms with Crippen molar-refractivity contribution in [1.29, 1.82) is 0 Å². The number of nitrogens with one attached hydrogen (secondary N) is 2. The van der Waals surface area contributed by atoms with Gasteiger partial charge >= 0.3 is 0 Å². The number of rotatable bonds is 6. The Morgan fingerprint density at radius 1 is 1.31 bits per heavy atom. The summed E-state index contributed by atoms with van der Waals surface area (Å²) in [6.45, 7) is 4.99. The van der Waals surface area contributed by atoms with Crippen LogP contribution in [0.25, 0.3) is 0 Å². The van der Waals surface area contributed by atoms with Crippen LogP contribution in [0.15, 0.2) is 36.9 Å². The molecule has 0 radical (unpaired) electrons. The van der Waals surface area contributed by atoms with E-state index in [0.29, 0.717) is 24.8 Å². The first-order valence-corrected chi connectivity index (χ1v) is 8.62. The smallest absolute Gasteiger partial charge is 0.224 e. The number of piperidine rings is 1. The maximum absolute atomic E-state index is 12.3. The van der Waals surface area contributed by atoms with Gasteiger partial charge in [0.05, 0.1) is 18.4 Å². The molecule has 2 N–H and O–H groups in total. The van der Waals surface area contributed by atoms with E-state index in [4.69, 9.17) is 0 Å². The van der Waals surface area contributed by atoms with Crippen molar-refractivity contribution in [3.8, 4) is 0 Å². The van der Waals surface area contributed by atoms with Crippen molar-refractivity contribution >= 4 is 36.4 Å². The molecule has 144 valence electrons. The van der Waals surface area contributed by atoms with Crippen molar-refractivity contribution in [3.05, 3.63) is 42.5 Å². The fourth-order valence-electron chi connectivity index (χ4n) is 3.27. The topological polar surface area (TPSA) is 71.8 Å². The number of hydrogen-bond donors (Lipinski definition) is 2. The normalized spacial score (nSPS) is 15.4. The quantitative estimate of drug-likeness (QED) is 0.782. The molecule has 2 aromatic rings. The van der Waals surface area contributed by atoms with Crippen LogP contribution < -0.4 is 10.6 Å². The van der Waals surface area contributed by atoms with Gasteiger partial charge in [-0.25, -0.2) is 0 Å². The van der Waals surface area contributed by atoms with E-state index < -0.39 is 0 Å². The van der Waals surface area contributed by atoms with Crippen LogP contribution in [-0.2, 0) is 11.3 Å². The van der Waals surface area contributed by atoms with Crippen LogP contribution in [0.1, 0.15) is 31.7 Å². The molecular weight excluding hydrogens is 373 g/mol. The van der Waals surface area contributed by atoms with Crippen molar-refractivity contribution in [3.63, 3.8) is 0 Å². The van der Waals surface area contributed by atoms with Crippen LogP contribution in [0.4, 0.5) is 5.69 Å². The largest absolute Gasteiger partial charge is 0.323 e. The average Bonchev–Trinajstić information content (AvgIpc) is 3.03. The number of carbonyl (C=O) groups excluding carboxylic acids is 1. The number of aromatic nitrogens is 3. The number of halogens is 2. The zero-order valence-electron chi connectivity index (χ0n) is 14.9. The van der Waals surface area contributed by atoms with Gasteiger partial charge in [0.1, 0.15) is 0 Å². The molecule has 1 fully saturated rings. The number of carbonyl (C=O) groups is 1. The summed E-state index contributed by atoms with van der Waals surface area (Å²) in [5.41, 5.74) is 1.89. The first-order chi connectivity index (χ1) is 11.7. The van der Waals surface area contributed by atoms with Gasteiger partial charge in [0.15, 0.2) is 0 Å². The van der Waals surface area contributed by atoms with E-state index in [1.807, 2.05) is 23.0 Å². The molecule has 8 heteroatoms. The molecule has 1 atom stereocenters. The van der Waals surface area contributed by atoms with Crippen LogP contribution in [0.5, 0.6) is 0 Å². The van der Waals surface area contributed by atoms with Gasteiger partial charge in [-0.05, 0) is 55.5 Å². The first kappa shape index (κ1) is 22.4. The predicted octanol–water partition coefficient (Wildman–Crippen LogP) is 3.13. The summed E-state index contributed by atoms with van der Waals surface area (Å²) in [5, 5.41) is 10.6. The first-order valence-electron chi connectivity index (χ1n) is 8.62. The zero-order valence-corrected chi connectivity index (χ0v) is 16.6. The second kappa shape index (κ2) is 11.2. The van der Waals surface area contributed by atoms with E-state index >= 15 is 0 Å². The van der Waals surface area contributed by atoms with Crippen LogP contribution in [0.2, 0.25) is 0 Å². The second-order valence-electron chi connectivity index (χ2n) is 6.60. The van der Waals surface area contributed by atoms with E-state index in [-0.39, 0.29) is 30.7 Å². The molecule has 0 bridgehead atoms. The third-order valence-corrected chi connectivity index (χ3v) is 4.71. The molecule has 6 nitrogen and oxygen atoms in total. The Balaban J connectivity index is 0.00000169. The summed E-state index contributed by atoms with van der Waals surface area (Å²) >= 11 is 0. The minimum absolute atomic E-state index is 0. The monoisotopic (exact) mass is 399 g/mol. The molecule has 0 aromatic carbocycles. The van der Waals surface area contributed by atoms with E-state index in [0.717, 1.165) is 37.2 Å². The molecule has 1 saturated heterocycles. The average molecular weight is 400 g/mol. The third kappa shape index (κ3) is 6.59. The minimum Gasteiger partial charge on any atom is -0.323 e. The Morgan fingerprint density at radius 3 is 2.69 bits per heavy atom. The standard InChI is InChI=1S/C18H25N5O.2ClH/c1-14(16-4-8-20-9-5-16)10-18(24)22-17-11-21-23(13-17)12-15-2-6-19-7-3-15;;/h2-3,6-7,11,13-14,16,20H,4-5,8-10,12H2,1H3,(H,22,24);2*1H. The Labute approximate surface area is 167 Å². The fourth-order valence-corrected chi connectivity index (χ4v) is 3.27. The summed E-state index contributed by atoms with van der Waals surface area (Å²) in [4.78, 5) is 16.3. The molecular formula is C18H27Cl2N5O. The van der Waals surface area contributed by atoms with Crippen molar-refractivity contribution in [2.24, 2.45) is 11.8 Å². The van der Waals surface area contributed by atoms with E-state index in [2.05, 4.69) is 27.6 Å². The molecule has 0 aliphatic carbocycles. The highest BCUT2D eigenvalue weighted by atomic mass is 35.5. The molecule has 1 unspecified atom stereocenters. The molecule has 26 heavy (non-hydrogen) atoms. The van der Waals surface area contributed by atoms with Gasteiger partial charge in [0.25, 0.3) is 0 Å². The molecule has 0 spiro atoms. The highest BCUT2D eigenvalue weighted by Gasteiger charge is 2.22. The van der Waals surface area contributed by atoms with Gasteiger partial charge < -0.3 is 10.6 Å². The molecule has 0 saturated carbocycles. The Morgan fingerprint density at radius 2 is 2.00 bits per heavy atom. The Kier molecular flexibility index (Phi) is 9.62. The van der Waals surface area contributed by atoms with Gasteiger partial charge in [-0.3, -0.25) is 14.5 Å². The summed E-state index contributed by atoms with van der Waals surface area (Å²) < 4.78 is 1.82. The third-order valence-electron chi connectivity index (χ3n) is 4.71. The lowest BCUT2D eigenvalue weighted by molar-refractivity contribution is -0.117. The van der Waals surface area contributed by atoms with Gasteiger partial charge in [-0.1, -0.05) is 6.92 Å². The van der Waals surface area contributed by atoms with Crippen LogP contribution in [-0.4, -0.2) is 33.8 Å².